The Labute approximate surface area is 160 Å². The molecule has 2 N–H and O–H groups in total. The Bertz CT molecular complexity index is 1020. The predicted molar refractivity (Wildman–Crippen MR) is 103 cm³/mol. The van der Waals surface area contributed by atoms with Crippen LogP contribution in [-0.2, 0) is 20.1 Å². The summed E-state index contributed by atoms with van der Waals surface area (Å²) in [6.07, 6.45) is 1.72. The van der Waals surface area contributed by atoms with Crippen LogP contribution < -0.4 is 15.5 Å². The number of nitrogens with zero attached hydrogens (tertiary/aromatic N) is 3. The number of hydrogen-bond donors (Lipinski definition) is 2. The van der Waals surface area contributed by atoms with Gasteiger partial charge in [-0.15, -0.1) is 0 Å². The fourth-order valence-electron chi connectivity index (χ4n) is 3.08. The number of carbonyl (C=O) groups is 1. The van der Waals surface area contributed by atoms with Crippen molar-refractivity contribution in [1.29, 1.82) is 0 Å². The van der Waals surface area contributed by atoms with Crippen molar-refractivity contribution in [1.82, 2.24) is 15.1 Å². The van der Waals surface area contributed by atoms with Crippen LogP contribution >= 0.6 is 11.6 Å². The topological polar surface area (TPSA) is 62.2 Å². The highest BCUT2D eigenvalue weighted by Crippen LogP contribution is 2.37. The summed E-state index contributed by atoms with van der Waals surface area (Å²) in [7, 11) is 1.82. The van der Waals surface area contributed by atoms with Crippen LogP contribution in [0.4, 0.5) is 26.4 Å². The second-order valence-corrected chi connectivity index (χ2v) is 6.70. The lowest BCUT2D eigenvalue weighted by Crippen LogP contribution is -2.39. The molecule has 2 aromatic carbocycles. The van der Waals surface area contributed by atoms with E-state index in [2.05, 4.69) is 15.7 Å². The van der Waals surface area contributed by atoms with E-state index in [1.807, 2.05) is 7.05 Å². The van der Waals surface area contributed by atoms with Crippen molar-refractivity contribution in [3.8, 4) is 0 Å². The van der Waals surface area contributed by atoms with Gasteiger partial charge in [-0.1, -0.05) is 29.8 Å². The number of anilines is 3. The largest absolute Gasteiger partial charge is 0.338 e. The van der Waals surface area contributed by atoms with Crippen LogP contribution in [0.1, 0.15) is 11.1 Å². The molecule has 0 unspecified atom stereocenters. The summed E-state index contributed by atoms with van der Waals surface area (Å²) in [6, 6.07) is 11.3. The summed E-state index contributed by atoms with van der Waals surface area (Å²) in [5, 5.41) is 10.9. The fourth-order valence-corrected chi connectivity index (χ4v) is 3.25. The second-order valence-electron chi connectivity index (χ2n) is 6.26. The zero-order chi connectivity index (χ0) is 19.0. The SMILES string of the molecule is Cn1ncc2c1Nc1cc(Cl)ccc1N(C(=O)NCc1ccccc1F)C2. The molecule has 0 saturated heterocycles. The van der Waals surface area contributed by atoms with Crippen molar-refractivity contribution in [3.05, 3.63) is 70.6 Å². The highest BCUT2D eigenvalue weighted by molar-refractivity contribution is 6.31. The van der Waals surface area contributed by atoms with E-state index in [0.29, 0.717) is 28.5 Å². The van der Waals surface area contributed by atoms with Gasteiger partial charge in [0.2, 0.25) is 0 Å². The van der Waals surface area contributed by atoms with Gasteiger partial charge in [0.05, 0.1) is 24.1 Å². The van der Waals surface area contributed by atoms with Gasteiger partial charge in [-0.3, -0.25) is 9.58 Å². The zero-order valence-electron chi connectivity index (χ0n) is 14.5. The van der Waals surface area contributed by atoms with Crippen molar-refractivity contribution in [2.45, 2.75) is 13.1 Å². The normalized spacial score (nSPS) is 12.6. The highest BCUT2D eigenvalue weighted by atomic mass is 35.5. The first-order valence-electron chi connectivity index (χ1n) is 8.39. The highest BCUT2D eigenvalue weighted by Gasteiger charge is 2.26. The first-order chi connectivity index (χ1) is 13.0. The maximum atomic E-state index is 13.8. The van der Waals surface area contributed by atoms with Crippen LogP contribution in [0.5, 0.6) is 0 Å². The number of aromatic nitrogens is 2. The van der Waals surface area contributed by atoms with E-state index in [4.69, 9.17) is 11.6 Å². The van der Waals surface area contributed by atoms with Crippen molar-refractivity contribution < 1.29 is 9.18 Å². The summed E-state index contributed by atoms with van der Waals surface area (Å²) in [5.41, 5.74) is 2.68. The molecular weight excluding hydrogens is 369 g/mol. The third-order valence-corrected chi connectivity index (χ3v) is 4.71. The number of rotatable bonds is 2. The number of hydrogen-bond acceptors (Lipinski definition) is 3. The molecule has 2 heterocycles. The standard InChI is InChI=1S/C19H17ClFN5O/c1-25-18-13(10-23-25)11-26(17-7-6-14(20)8-16(17)24-18)19(27)22-9-12-4-2-3-5-15(12)21/h2-8,10,24H,9,11H2,1H3,(H,22,27). The number of urea groups is 1. The Morgan fingerprint density at radius 1 is 1.33 bits per heavy atom. The summed E-state index contributed by atoms with van der Waals surface area (Å²) in [5.74, 6) is 0.444. The van der Waals surface area contributed by atoms with Gasteiger partial charge < -0.3 is 10.6 Å². The molecule has 2 amide bonds. The van der Waals surface area contributed by atoms with Gasteiger partial charge in [0.1, 0.15) is 11.6 Å². The predicted octanol–water partition coefficient (Wildman–Crippen LogP) is 4.19. The number of carbonyl (C=O) groups excluding carboxylic acids is 1. The molecule has 0 atom stereocenters. The Balaban J connectivity index is 1.64. The molecule has 0 fully saturated rings. The van der Waals surface area contributed by atoms with Gasteiger partial charge >= 0.3 is 6.03 Å². The molecule has 1 aliphatic heterocycles. The lowest BCUT2D eigenvalue weighted by molar-refractivity contribution is 0.245. The number of aryl methyl sites for hydroxylation is 1. The van der Waals surface area contributed by atoms with Crippen molar-refractivity contribution in [2.24, 2.45) is 7.05 Å². The molecule has 138 valence electrons. The number of fused-ring (bicyclic) bond motifs is 2. The van der Waals surface area contributed by atoms with Crippen molar-refractivity contribution in [3.63, 3.8) is 0 Å². The van der Waals surface area contributed by atoms with Crippen LogP contribution in [0.3, 0.4) is 0 Å². The number of benzene rings is 2. The summed E-state index contributed by atoms with van der Waals surface area (Å²) < 4.78 is 15.5. The van der Waals surface area contributed by atoms with E-state index in [1.54, 1.807) is 52.2 Å². The third kappa shape index (κ3) is 3.33. The second kappa shape index (κ2) is 6.92. The Kier molecular flexibility index (Phi) is 4.45. The Hall–Kier alpha value is -3.06. The lowest BCUT2D eigenvalue weighted by atomic mass is 10.2. The van der Waals surface area contributed by atoms with Crippen LogP contribution in [0, 0.1) is 5.82 Å². The van der Waals surface area contributed by atoms with Gasteiger partial charge in [0.15, 0.2) is 0 Å². The van der Waals surface area contributed by atoms with E-state index >= 15 is 0 Å². The van der Waals surface area contributed by atoms with Crippen molar-refractivity contribution in [2.75, 3.05) is 10.2 Å². The smallest absolute Gasteiger partial charge is 0.322 e. The average molecular weight is 386 g/mol. The molecule has 8 heteroatoms. The van der Waals surface area contributed by atoms with E-state index in [0.717, 1.165) is 11.4 Å². The quantitative estimate of drug-likeness (QED) is 0.695. The first-order valence-corrected chi connectivity index (χ1v) is 8.77. The van der Waals surface area contributed by atoms with E-state index in [-0.39, 0.29) is 18.4 Å². The van der Waals surface area contributed by atoms with Gasteiger partial charge in [-0.05, 0) is 24.3 Å². The minimum absolute atomic E-state index is 0.0955. The molecule has 1 aliphatic rings. The minimum Gasteiger partial charge on any atom is -0.338 e. The molecule has 3 aromatic rings. The maximum Gasteiger partial charge on any atom is 0.322 e. The molecule has 0 radical (unpaired) electrons. The molecule has 1 aromatic heterocycles. The zero-order valence-corrected chi connectivity index (χ0v) is 15.3. The fraction of sp³-hybridized carbons (Fsp3) is 0.158. The van der Waals surface area contributed by atoms with Crippen LogP contribution in [0.2, 0.25) is 5.02 Å². The average Bonchev–Trinajstić information content (AvgIpc) is 2.90. The van der Waals surface area contributed by atoms with E-state index in [1.165, 1.54) is 6.07 Å². The molecule has 6 nitrogen and oxygen atoms in total. The molecule has 0 bridgehead atoms. The molecule has 0 spiro atoms. The summed E-state index contributed by atoms with van der Waals surface area (Å²) in [6.45, 7) is 0.423. The van der Waals surface area contributed by atoms with E-state index < -0.39 is 0 Å². The van der Waals surface area contributed by atoms with Crippen molar-refractivity contribution >= 4 is 34.8 Å². The molecule has 0 aliphatic carbocycles. The maximum absolute atomic E-state index is 13.8. The number of nitrogens with one attached hydrogen (secondary N) is 2. The first kappa shape index (κ1) is 17.4. The van der Waals surface area contributed by atoms with Gasteiger partial charge in [0.25, 0.3) is 0 Å². The molecule has 4 rings (SSSR count). The molecule has 0 saturated carbocycles. The summed E-state index contributed by atoms with van der Waals surface area (Å²) in [4.78, 5) is 14.5. The number of halogens is 2. The number of amides is 2. The van der Waals surface area contributed by atoms with E-state index in [9.17, 15) is 9.18 Å². The van der Waals surface area contributed by atoms with Gasteiger partial charge in [-0.25, -0.2) is 9.18 Å². The third-order valence-electron chi connectivity index (χ3n) is 4.48. The minimum atomic E-state index is -0.350. The summed E-state index contributed by atoms with van der Waals surface area (Å²) >= 11 is 6.13. The van der Waals surface area contributed by atoms with Crippen LogP contribution in [0.25, 0.3) is 0 Å². The van der Waals surface area contributed by atoms with Crippen LogP contribution in [0.15, 0.2) is 48.7 Å². The van der Waals surface area contributed by atoms with Gasteiger partial charge in [-0.2, -0.15) is 5.10 Å². The lowest BCUT2D eigenvalue weighted by Gasteiger charge is -2.23. The Morgan fingerprint density at radius 2 is 2.15 bits per heavy atom. The van der Waals surface area contributed by atoms with Gasteiger partial charge in [0, 0.05) is 29.7 Å². The van der Waals surface area contributed by atoms with Crippen LogP contribution in [-0.4, -0.2) is 15.8 Å². The Morgan fingerprint density at radius 3 is 2.96 bits per heavy atom. The monoisotopic (exact) mass is 385 g/mol. The molecular formula is C19H17ClFN5O. The molecule has 27 heavy (non-hydrogen) atoms.